The first kappa shape index (κ1) is 14.4. The predicted molar refractivity (Wildman–Crippen MR) is 90.4 cm³/mol. The number of allylic oxidation sites excluding steroid dienone is 1. The van der Waals surface area contributed by atoms with Crippen LogP contribution in [0.4, 0.5) is 0 Å². The summed E-state index contributed by atoms with van der Waals surface area (Å²) in [6, 6.07) is 10.6. The summed E-state index contributed by atoms with van der Waals surface area (Å²) in [5.41, 5.74) is 2.95. The minimum Gasteiger partial charge on any atom is -0.501 e. The van der Waals surface area contributed by atoms with E-state index in [1.54, 1.807) is 5.57 Å². The van der Waals surface area contributed by atoms with E-state index in [2.05, 4.69) is 43.5 Å². The highest BCUT2D eigenvalue weighted by Crippen LogP contribution is 2.59. The molecule has 0 amide bonds. The number of rotatable bonds is 4. The van der Waals surface area contributed by atoms with Gasteiger partial charge in [0.05, 0.1) is 12.9 Å². The number of hydrogen-bond acceptors (Lipinski definition) is 1. The standard InChI is InChI=1S/C21H28O/c1-15-11-20-17-7-8-18(12-17)21(20)13-19(15)14-22-10-9-16-5-3-2-4-6-16/h2-6,14-15,17-18,20-21H,7-13H2,1H3. The predicted octanol–water partition coefficient (Wildman–Crippen LogP) is 5.22. The molecule has 4 rings (SSSR count). The minimum absolute atomic E-state index is 0.734. The molecule has 1 aromatic rings. The Hall–Kier alpha value is -1.24. The van der Waals surface area contributed by atoms with Crippen molar-refractivity contribution in [1.82, 2.24) is 0 Å². The molecule has 5 atom stereocenters. The van der Waals surface area contributed by atoms with Gasteiger partial charge in [-0.2, -0.15) is 0 Å². The molecule has 1 heteroatoms. The van der Waals surface area contributed by atoms with Crippen LogP contribution in [0.2, 0.25) is 0 Å². The van der Waals surface area contributed by atoms with E-state index in [-0.39, 0.29) is 0 Å². The van der Waals surface area contributed by atoms with Crippen molar-refractivity contribution in [2.24, 2.45) is 29.6 Å². The van der Waals surface area contributed by atoms with E-state index in [9.17, 15) is 0 Å². The number of hydrogen-bond donors (Lipinski definition) is 0. The van der Waals surface area contributed by atoms with Crippen LogP contribution in [0.1, 0.15) is 44.6 Å². The van der Waals surface area contributed by atoms with Gasteiger partial charge in [-0.1, -0.05) is 37.3 Å². The Labute approximate surface area is 134 Å². The fourth-order valence-electron chi connectivity index (χ4n) is 5.40. The van der Waals surface area contributed by atoms with Crippen molar-refractivity contribution >= 4 is 0 Å². The topological polar surface area (TPSA) is 9.23 Å². The summed E-state index contributed by atoms with van der Waals surface area (Å²) < 4.78 is 5.91. The SMILES string of the molecule is CC1CC2C3CCC(C3)C2CC1=COCCc1ccccc1. The second-order valence-electron chi connectivity index (χ2n) is 7.80. The zero-order chi connectivity index (χ0) is 14.9. The van der Waals surface area contributed by atoms with Crippen molar-refractivity contribution in [2.75, 3.05) is 6.61 Å². The van der Waals surface area contributed by atoms with Crippen LogP contribution in [0.5, 0.6) is 0 Å². The van der Waals surface area contributed by atoms with E-state index in [1.165, 1.54) is 37.7 Å². The summed E-state index contributed by atoms with van der Waals surface area (Å²) in [4.78, 5) is 0. The van der Waals surface area contributed by atoms with Crippen LogP contribution in [-0.4, -0.2) is 6.61 Å². The van der Waals surface area contributed by atoms with Crippen molar-refractivity contribution in [2.45, 2.75) is 45.4 Å². The average Bonchev–Trinajstić information content (AvgIpc) is 3.14. The molecule has 0 heterocycles. The van der Waals surface area contributed by atoms with E-state index in [1.807, 2.05) is 0 Å². The monoisotopic (exact) mass is 296 g/mol. The molecule has 0 radical (unpaired) electrons. The van der Waals surface area contributed by atoms with Gasteiger partial charge in [0.25, 0.3) is 0 Å². The first-order chi connectivity index (χ1) is 10.8. The van der Waals surface area contributed by atoms with Gasteiger partial charge in [-0.3, -0.25) is 0 Å². The largest absolute Gasteiger partial charge is 0.501 e. The van der Waals surface area contributed by atoms with Gasteiger partial charge in [-0.15, -0.1) is 0 Å². The van der Waals surface area contributed by atoms with Crippen LogP contribution < -0.4 is 0 Å². The van der Waals surface area contributed by atoms with Gasteiger partial charge >= 0.3 is 0 Å². The number of fused-ring (bicyclic) bond motifs is 5. The fourth-order valence-corrected chi connectivity index (χ4v) is 5.40. The van der Waals surface area contributed by atoms with Gasteiger partial charge in [-0.05, 0) is 72.8 Å². The highest BCUT2D eigenvalue weighted by molar-refractivity contribution is 5.15. The molecule has 3 saturated carbocycles. The lowest BCUT2D eigenvalue weighted by Crippen LogP contribution is -2.30. The Balaban J connectivity index is 1.32. The van der Waals surface area contributed by atoms with Crippen molar-refractivity contribution < 1.29 is 4.74 Å². The lowest BCUT2D eigenvalue weighted by molar-refractivity contribution is 0.153. The molecule has 3 aliphatic carbocycles. The van der Waals surface area contributed by atoms with Gasteiger partial charge in [0.2, 0.25) is 0 Å². The zero-order valence-electron chi connectivity index (χ0n) is 13.7. The maximum absolute atomic E-state index is 5.91. The number of ether oxygens (including phenoxy) is 1. The molecule has 2 bridgehead atoms. The molecule has 0 aromatic heterocycles. The Morgan fingerprint density at radius 2 is 1.82 bits per heavy atom. The molecule has 3 aliphatic rings. The molecule has 0 N–H and O–H groups in total. The van der Waals surface area contributed by atoms with Crippen molar-refractivity contribution in [3.8, 4) is 0 Å². The minimum atomic E-state index is 0.734. The molecule has 0 saturated heterocycles. The molecular weight excluding hydrogens is 268 g/mol. The van der Waals surface area contributed by atoms with Crippen LogP contribution in [0, 0.1) is 29.6 Å². The molecule has 5 unspecified atom stereocenters. The Morgan fingerprint density at radius 1 is 1.05 bits per heavy atom. The molecular formula is C21H28O. The van der Waals surface area contributed by atoms with Crippen molar-refractivity contribution in [3.05, 3.63) is 47.7 Å². The van der Waals surface area contributed by atoms with E-state index in [0.717, 1.165) is 42.6 Å². The fraction of sp³-hybridized carbons (Fsp3) is 0.619. The van der Waals surface area contributed by atoms with E-state index in [4.69, 9.17) is 4.74 Å². The normalized spacial score (nSPS) is 38.2. The first-order valence-corrected chi connectivity index (χ1v) is 9.15. The number of benzene rings is 1. The van der Waals surface area contributed by atoms with Gasteiger partial charge in [0, 0.05) is 6.42 Å². The highest BCUT2D eigenvalue weighted by Gasteiger charge is 2.49. The molecule has 0 aliphatic heterocycles. The Bertz CT molecular complexity index is 532. The molecule has 1 nitrogen and oxygen atoms in total. The third-order valence-corrected chi connectivity index (χ3v) is 6.59. The Morgan fingerprint density at radius 3 is 2.64 bits per heavy atom. The lowest BCUT2D eigenvalue weighted by Gasteiger charge is -2.39. The average molecular weight is 296 g/mol. The molecule has 3 fully saturated rings. The summed E-state index contributed by atoms with van der Waals surface area (Å²) in [6.45, 7) is 3.22. The van der Waals surface area contributed by atoms with Gasteiger partial charge in [0.15, 0.2) is 0 Å². The third kappa shape index (κ3) is 2.71. The third-order valence-electron chi connectivity index (χ3n) is 6.59. The van der Waals surface area contributed by atoms with E-state index >= 15 is 0 Å². The van der Waals surface area contributed by atoms with E-state index < -0.39 is 0 Å². The molecule has 22 heavy (non-hydrogen) atoms. The first-order valence-electron chi connectivity index (χ1n) is 9.15. The molecule has 0 spiro atoms. The highest BCUT2D eigenvalue weighted by atomic mass is 16.5. The summed E-state index contributed by atoms with van der Waals surface area (Å²) in [6.07, 6.45) is 10.4. The molecule has 1 aromatic carbocycles. The quantitative estimate of drug-likeness (QED) is 0.546. The summed E-state index contributed by atoms with van der Waals surface area (Å²) in [5.74, 6) is 4.86. The summed E-state index contributed by atoms with van der Waals surface area (Å²) in [7, 11) is 0. The van der Waals surface area contributed by atoms with Crippen molar-refractivity contribution in [1.29, 1.82) is 0 Å². The van der Waals surface area contributed by atoms with Crippen LogP contribution in [0.15, 0.2) is 42.2 Å². The Kier molecular flexibility index (Phi) is 3.98. The summed E-state index contributed by atoms with van der Waals surface area (Å²) >= 11 is 0. The van der Waals surface area contributed by atoms with Crippen LogP contribution in [0.3, 0.4) is 0 Å². The van der Waals surface area contributed by atoms with Crippen molar-refractivity contribution in [3.63, 3.8) is 0 Å². The summed E-state index contributed by atoms with van der Waals surface area (Å²) in [5, 5.41) is 0. The van der Waals surface area contributed by atoms with Gasteiger partial charge in [0.1, 0.15) is 0 Å². The molecule has 118 valence electrons. The zero-order valence-corrected chi connectivity index (χ0v) is 13.7. The van der Waals surface area contributed by atoms with Gasteiger partial charge < -0.3 is 4.74 Å². The van der Waals surface area contributed by atoms with Crippen LogP contribution >= 0.6 is 0 Å². The smallest absolute Gasteiger partial charge is 0.0913 e. The maximum atomic E-state index is 5.91. The van der Waals surface area contributed by atoms with Gasteiger partial charge in [-0.25, -0.2) is 0 Å². The van der Waals surface area contributed by atoms with Crippen LogP contribution in [-0.2, 0) is 11.2 Å². The lowest BCUT2D eigenvalue weighted by atomic mass is 9.66. The van der Waals surface area contributed by atoms with E-state index in [0.29, 0.717) is 0 Å². The van der Waals surface area contributed by atoms with Crippen LogP contribution in [0.25, 0.3) is 0 Å². The second-order valence-corrected chi connectivity index (χ2v) is 7.80. The second kappa shape index (κ2) is 6.10. The maximum Gasteiger partial charge on any atom is 0.0913 e.